The van der Waals surface area contributed by atoms with Gasteiger partial charge in [-0.25, -0.2) is 4.98 Å². The molecule has 19 heavy (non-hydrogen) atoms. The highest BCUT2D eigenvalue weighted by Crippen LogP contribution is 2.18. The largest absolute Gasteiger partial charge is 0.277 e. The van der Waals surface area contributed by atoms with Crippen LogP contribution in [-0.4, -0.2) is 19.6 Å². The standard InChI is InChI=1S/C14H14N4O/c1-3-11-15-14-16-12(10-7-5-4-6-8-10)9(2)13(19)18(14)17-11/h4-8H,3H2,1-2H3,(H,15,16,17). The quantitative estimate of drug-likeness (QED) is 0.760. The molecule has 0 unspecified atom stereocenters. The van der Waals surface area contributed by atoms with E-state index in [1.807, 2.05) is 37.3 Å². The first-order chi connectivity index (χ1) is 9.20. The van der Waals surface area contributed by atoms with E-state index in [0.29, 0.717) is 17.0 Å². The van der Waals surface area contributed by atoms with Gasteiger partial charge in [0.1, 0.15) is 5.82 Å². The maximum Gasteiger partial charge on any atom is 0.277 e. The van der Waals surface area contributed by atoms with Crippen LogP contribution in [0.2, 0.25) is 0 Å². The zero-order chi connectivity index (χ0) is 13.4. The summed E-state index contributed by atoms with van der Waals surface area (Å²) in [6.45, 7) is 3.77. The maximum absolute atomic E-state index is 12.3. The maximum atomic E-state index is 12.3. The predicted octanol–water partition coefficient (Wildman–Crippen LogP) is 1.96. The fraction of sp³-hybridized carbons (Fsp3) is 0.214. The van der Waals surface area contributed by atoms with Gasteiger partial charge in [-0.15, -0.1) is 0 Å². The van der Waals surface area contributed by atoms with Crippen LogP contribution < -0.4 is 5.56 Å². The molecule has 0 aliphatic heterocycles. The van der Waals surface area contributed by atoms with Crippen LogP contribution in [0, 0.1) is 6.92 Å². The molecule has 96 valence electrons. The lowest BCUT2D eigenvalue weighted by Gasteiger charge is -2.04. The first kappa shape index (κ1) is 11.6. The highest BCUT2D eigenvalue weighted by Gasteiger charge is 2.13. The molecule has 0 fully saturated rings. The van der Waals surface area contributed by atoms with Crippen molar-refractivity contribution in [2.75, 3.05) is 0 Å². The third-order valence-corrected chi connectivity index (χ3v) is 3.15. The minimum atomic E-state index is -0.101. The second-order valence-electron chi connectivity index (χ2n) is 4.42. The number of aryl methyl sites for hydroxylation is 1. The van der Waals surface area contributed by atoms with Gasteiger partial charge in [0.25, 0.3) is 11.3 Å². The lowest BCUT2D eigenvalue weighted by atomic mass is 10.1. The van der Waals surface area contributed by atoms with Crippen molar-refractivity contribution in [1.82, 2.24) is 19.6 Å². The van der Waals surface area contributed by atoms with E-state index in [9.17, 15) is 4.79 Å². The van der Waals surface area contributed by atoms with Crippen molar-refractivity contribution in [2.45, 2.75) is 20.3 Å². The number of rotatable bonds is 2. The first-order valence-electron chi connectivity index (χ1n) is 6.24. The van der Waals surface area contributed by atoms with Crippen molar-refractivity contribution in [2.24, 2.45) is 0 Å². The molecule has 5 heteroatoms. The van der Waals surface area contributed by atoms with Gasteiger partial charge in [0.05, 0.1) is 5.69 Å². The van der Waals surface area contributed by atoms with Crippen molar-refractivity contribution in [3.8, 4) is 11.3 Å². The summed E-state index contributed by atoms with van der Waals surface area (Å²) in [5, 5.41) is 2.96. The van der Waals surface area contributed by atoms with Crippen molar-refractivity contribution in [3.63, 3.8) is 0 Å². The summed E-state index contributed by atoms with van der Waals surface area (Å²) in [7, 11) is 0. The summed E-state index contributed by atoms with van der Waals surface area (Å²) in [5.74, 6) is 1.18. The minimum Gasteiger partial charge on any atom is -0.275 e. The number of fused-ring (bicyclic) bond motifs is 1. The van der Waals surface area contributed by atoms with Gasteiger partial charge in [-0.3, -0.25) is 9.89 Å². The Morgan fingerprint density at radius 3 is 2.63 bits per heavy atom. The minimum absolute atomic E-state index is 0.101. The molecule has 3 aromatic rings. The molecule has 1 N–H and O–H groups in total. The Balaban J connectivity index is 2.32. The Morgan fingerprint density at radius 2 is 1.95 bits per heavy atom. The zero-order valence-corrected chi connectivity index (χ0v) is 10.8. The molecule has 2 aromatic heterocycles. The summed E-state index contributed by atoms with van der Waals surface area (Å²) in [6, 6.07) is 9.69. The van der Waals surface area contributed by atoms with E-state index in [1.54, 1.807) is 6.92 Å². The second-order valence-corrected chi connectivity index (χ2v) is 4.42. The van der Waals surface area contributed by atoms with Crippen LogP contribution in [0.5, 0.6) is 0 Å². The monoisotopic (exact) mass is 254 g/mol. The molecule has 0 aliphatic carbocycles. The third-order valence-electron chi connectivity index (χ3n) is 3.15. The van der Waals surface area contributed by atoms with Crippen molar-refractivity contribution in [3.05, 3.63) is 52.1 Å². The number of nitrogens with zero attached hydrogens (tertiary/aromatic N) is 3. The van der Waals surface area contributed by atoms with Crippen LogP contribution in [0.3, 0.4) is 0 Å². The van der Waals surface area contributed by atoms with Crippen molar-refractivity contribution >= 4 is 5.78 Å². The van der Waals surface area contributed by atoms with Gasteiger partial charge in [0.15, 0.2) is 0 Å². The Hall–Kier alpha value is -2.43. The van der Waals surface area contributed by atoms with E-state index >= 15 is 0 Å². The van der Waals surface area contributed by atoms with Gasteiger partial charge >= 0.3 is 0 Å². The molecule has 0 spiro atoms. The SMILES string of the molecule is CCc1nc2nc(-c3ccccc3)c(C)c(=O)n2[nH]1. The Labute approximate surface area is 109 Å². The van der Waals surface area contributed by atoms with Gasteiger partial charge in [-0.05, 0) is 6.92 Å². The molecular formula is C14H14N4O. The molecule has 0 bridgehead atoms. The normalized spacial score (nSPS) is 11.1. The predicted molar refractivity (Wildman–Crippen MR) is 73.2 cm³/mol. The van der Waals surface area contributed by atoms with E-state index in [4.69, 9.17) is 0 Å². The lowest BCUT2D eigenvalue weighted by molar-refractivity contribution is 0.847. The van der Waals surface area contributed by atoms with Crippen LogP contribution >= 0.6 is 0 Å². The molecule has 0 amide bonds. The number of aromatic nitrogens is 4. The number of nitrogens with one attached hydrogen (secondary N) is 1. The second kappa shape index (κ2) is 4.35. The number of benzene rings is 1. The summed E-state index contributed by atoms with van der Waals surface area (Å²) in [5.41, 5.74) is 2.14. The van der Waals surface area contributed by atoms with E-state index < -0.39 is 0 Å². The lowest BCUT2D eigenvalue weighted by Crippen LogP contribution is -2.19. The van der Waals surface area contributed by atoms with Gasteiger partial charge < -0.3 is 0 Å². The first-order valence-corrected chi connectivity index (χ1v) is 6.24. The molecule has 0 saturated heterocycles. The summed E-state index contributed by atoms with van der Waals surface area (Å²) >= 11 is 0. The Morgan fingerprint density at radius 1 is 1.21 bits per heavy atom. The topological polar surface area (TPSA) is 63.1 Å². The average molecular weight is 254 g/mol. The molecule has 5 nitrogen and oxygen atoms in total. The number of hydrogen-bond donors (Lipinski definition) is 1. The van der Waals surface area contributed by atoms with Crippen LogP contribution in [0.25, 0.3) is 17.0 Å². The van der Waals surface area contributed by atoms with E-state index in [0.717, 1.165) is 17.8 Å². The highest BCUT2D eigenvalue weighted by atomic mass is 16.1. The molecular weight excluding hydrogens is 240 g/mol. The third kappa shape index (κ3) is 1.83. The molecule has 0 saturated carbocycles. The van der Waals surface area contributed by atoms with Crippen molar-refractivity contribution < 1.29 is 0 Å². The van der Waals surface area contributed by atoms with Crippen molar-refractivity contribution in [1.29, 1.82) is 0 Å². The number of aromatic amines is 1. The Bertz CT molecular complexity index is 786. The van der Waals surface area contributed by atoms with E-state index in [1.165, 1.54) is 4.52 Å². The fourth-order valence-corrected chi connectivity index (χ4v) is 2.08. The average Bonchev–Trinajstić information content (AvgIpc) is 2.87. The van der Waals surface area contributed by atoms with E-state index in [2.05, 4.69) is 15.1 Å². The van der Waals surface area contributed by atoms with Gasteiger partial charge in [-0.2, -0.15) is 9.50 Å². The molecule has 1 aromatic carbocycles. The summed E-state index contributed by atoms with van der Waals surface area (Å²) in [6.07, 6.45) is 0.739. The van der Waals surface area contributed by atoms with Crippen LogP contribution in [0.15, 0.2) is 35.1 Å². The summed E-state index contributed by atoms with van der Waals surface area (Å²) in [4.78, 5) is 21.1. The zero-order valence-electron chi connectivity index (χ0n) is 10.8. The highest BCUT2D eigenvalue weighted by molar-refractivity contribution is 5.63. The fourth-order valence-electron chi connectivity index (χ4n) is 2.08. The van der Waals surface area contributed by atoms with Gasteiger partial charge in [0.2, 0.25) is 0 Å². The summed E-state index contributed by atoms with van der Waals surface area (Å²) < 4.78 is 1.40. The van der Waals surface area contributed by atoms with Crippen LogP contribution in [-0.2, 0) is 6.42 Å². The molecule has 0 aliphatic rings. The Kier molecular flexibility index (Phi) is 2.67. The van der Waals surface area contributed by atoms with Gasteiger partial charge in [-0.1, -0.05) is 37.3 Å². The molecule has 0 atom stereocenters. The van der Waals surface area contributed by atoms with E-state index in [-0.39, 0.29) is 5.56 Å². The molecule has 2 heterocycles. The van der Waals surface area contributed by atoms with Crippen LogP contribution in [0.4, 0.5) is 0 Å². The number of H-pyrrole nitrogens is 1. The number of hydrogen-bond acceptors (Lipinski definition) is 3. The molecule has 0 radical (unpaired) electrons. The van der Waals surface area contributed by atoms with Crippen LogP contribution in [0.1, 0.15) is 18.3 Å². The van der Waals surface area contributed by atoms with Gasteiger partial charge in [0, 0.05) is 17.5 Å². The molecule has 3 rings (SSSR count). The smallest absolute Gasteiger partial charge is 0.275 e.